The fourth-order valence-corrected chi connectivity index (χ4v) is 5.41. The van der Waals surface area contributed by atoms with Gasteiger partial charge in [0.05, 0.1) is 16.7 Å². The van der Waals surface area contributed by atoms with Crippen LogP contribution in [0, 0.1) is 10.8 Å². The largest absolute Gasteiger partial charge is 0.478 e. The van der Waals surface area contributed by atoms with Crippen LogP contribution in [0.25, 0.3) is 5.57 Å². The van der Waals surface area contributed by atoms with Gasteiger partial charge < -0.3 is 15.7 Å². The first kappa shape index (κ1) is 22.5. The molecule has 2 amide bonds. The highest BCUT2D eigenvalue weighted by molar-refractivity contribution is 6.06. The van der Waals surface area contributed by atoms with Gasteiger partial charge in [0.2, 0.25) is 5.91 Å². The summed E-state index contributed by atoms with van der Waals surface area (Å²) in [4.78, 5) is 38.1. The average Bonchev–Trinajstić information content (AvgIpc) is 2.78. The number of aromatic carboxylic acids is 1. The van der Waals surface area contributed by atoms with Gasteiger partial charge in [-0.25, -0.2) is 4.79 Å². The maximum absolute atomic E-state index is 13.3. The maximum atomic E-state index is 13.3. The Labute approximate surface area is 193 Å². The predicted octanol–water partition coefficient (Wildman–Crippen LogP) is 4.39. The number of carbonyl (C=O) groups excluding carboxylic acids is 2. The van der Waals surface area contributed by atoms with Gasteiger partial charge in [-0.1, -0.05) is 62.8 Å². The summed E-state index contributed by atoms with van der Waals surface area (Å²) in [5.41, 5.74) is 9.21. The van der Waals surface area contributed by atoms with Crippen LogP contribution in [0.15, 0.2) is 66.3 Å². The van der Waals surface area contributed by atoms with Crippen molar-refractivity contribution in [1.29, 1.82) is 0 Å². The summed E-state index contributed by atoms with van der Waals surface area (Å²) in [6.07, 6.45) is 5.09. The van der Waals surface area contributed by atoms with Gasteiger partial charge in [0.15, 0.2) is 0 Å². The number of hydrogen-bond acceptors (Lipinski definition) is 3. The molecule has 3 N–H and O–H groups in total. The van der Waals surface area contributed by atoms with Gasteiger partial charge >= 0.3 is 5.97 Å². The lowest BCUT2D eigenvalue weighted by atomic mass is 9.58. The van der Waals surface area contributed by atoms with Crippen molar-refractivity contribution in [3.63, 3.8) is 0 Å². The Hall–Kier alpha value is -3.67. The van der Waals surface area contributed by atoms with Crippen LogP contribution in [0.3, 0.4) is 0 Å². The minimum absolute atomic E-state index is 0.197. The van der Waals surface area contributed by atoms with Gasteiger partial charge in [0.1, 0.15) is 0 Å². The Morgan fingerprint density at radius 3 is 2.18 bits per heavy atom. The lowest BCUT2D eigenvalue weighted by Gasteiger charge is -2.50. The quantitative estimate of drug-likeness (QED) is 0.683. The highest BCUT2D eigenvalue weighted by Gasteiger charge is 2.46. The average molecular weight is 445 g/mol. The molecule has 0 aromatic heterocycles. The zero-order valence-corrected chi connectivity index (χ0v) is 19.1. The van der Waals surface area contributed by atoms with E-state index in [1.165, 1.54) is 5.57 Å². The fourth-order valence-electron chi connectivity index (χ4n) is 5.41. The molecule has 2 aliphatic rings. The molecule has 6 nitrogen and oxygen atoms in total. The topological polar surface area (TPSA) is 101 Å². The summed E-state index contributed by atoms with van der Waals surface area (Å²) in [5, 5.41) is 9.19. The van der Waals surface area contributed by atoms with E-state index in [1.54, 1.807) is 41.3 Å². The van der Waals surface area contributed by atoms with E-state index >= 15 is 0 Å². The standard InChI is InChI=1S/C27H28N2O4/c1-26(2)21(17-8-10-18(11-9-17)25(32)33)12-14-27(3)16-29(15-13-22(26)27)24(31)20-7-5-4-6-19(20)23(28)30/h4-13H,14-16H2,1-3H3,(H2,28,30)(H,32,33)/t27-/m1/s1. The van der Waals surface area contributed by atoms with Crippen LogP contribution in [0.5, 0.6) is 0 Å². The van der Waals surface area contributed by atoms with Crippen molar-refractivity contribution in [2.24, 2.45) is 16.6 Å². The number of primary amides is 1. The van der Waals surface area contributed by atoms with Gasteiger partial charge in [-0.05, 0) is 41.8 Å². The predicted molar refractivity (Wildman–Crippen MR) is 127 cm³/mol. The Morgan fingerprint density at radius 2 is 1.58 bits per heavy atom. The molecule has 6 heteroatoms. The molecule has 1 aliphatic carbocycles. The number of allylic oxidation sites excluding steroid dienone is 2. The first-order valence-electron chi connectivity index (χ1n) is 11.0. The van der Waals surface area contributed by atoms with Crippen molar-refractivity contribution in [2.75, 3.05) is 13.1 Å². The lowest BCUT2D eigenvalue weighted by molar-refractivity contribution is 0.0676. The molecular formula is C27H28N2O4. The van der Waals surface area contributed by atoms with Gasteiger partial charge in [-0.15, -0.1) is 0 Å². The zero-order valence-electron chi connectivity index (χ0n) is 19.1. The molecule has 0 bridgehead atoms. The van der Waals surface area contributed by atoms with E-state index in [9.17, 15) is 19.5 Å². The highest BCUT2D eigenvalue weighted by atomic mass is 16.4. The summed E-state index contributed by atoms with van der Waals surface area (Å²) in [6.45, 7) is 7.50. The van der Waals surface area contributed by atoms with E-state index in [4.69, 9.17) is 5.73 Å². The number of benzene rings is 2. The van der Waals surface area contributed by atoms with Crippen LogP contribution in [-0.4, -0.2) is 40.9 Å². The molecule has 1 aliphatic heterocycles. The van der Waals surface area contributed by atoms with Crippen LogP contribution < -0.4 is 5.73 Å². The first-order valence-corrected chi connectivity index (χ1v) is 11.0. The number of amides is 2. The number of carbonyl (C=O) groups is 3. The summed E-state index contributed by atoms with van der Waals surface area (Å²) >= 11 is 0. The molecule has 1 heterocycles. The molecule has 170 valence electrons. The minimum atomic E-state index is -0.941. The number of carboxylic acids is 1. The second-order valence-electron chi connectivity index (χ2n) is 9.60. The molecule has 0 unspecified atom stereocenters. The Bertz CT molecular complexity index is 1210. The number of nitrogens with zero attached hydrogens (tertiary/aromatic N) is 1. The number of fused-ring (bicyclic) bond motifs is 1. The molecule has 0 fully saturated rings. The summed E-state index contributed by atoms with van der Waals surface area (Å²) in [6, 6.07) is 13.7. The number of carboxylic acid groups (broad SMARTS) is 1. The monoisotopic (exact) mass is 444 g/mol. The second-order valence-corrected chi connectivity index (χ2v) is 9.60. The molecule has 0 saturated carbocycles. The normalized spacial score (nSPS) is 21.5. The van der Waals surface area contributed by atoms with Gasteiger partial charge in [0.25, 0.3) is 5.91 Å². The van der Waals surface area contributed by atoms with Gasteiger partial charge in [-0.2, -0.15) is 0 Å². The molecule has 33 heavy (non-hydrogen) atoms. The number of nitrogens with two attached hydrogens (primary N) is 1. The van der Waals surface area contributed by atoms with E-state index in [1.807, 2.05) is 12.1 Å². The van der Waals surface area contributed by atoms with E-state index in [0.717, 1.165) is 17.6 Å². The minimum Gasteiger partial charge on any atom is -0.478 e. The van der Waals surface area contributed by atoms with Crippen LogP contribution >= 0.6 is 0 Å². The molecule has 0 radical (unpaired) electrons. The summed E-state index contributed by atoms with van der Waals surface area (Å²) in [7, 11) is 0. The fraction of sp³-hybridized carbons (Fsp3) is 0.296. The van der Waals surface area contributed by atoms with Crippen molar-refractivity contribution >= 4 is 23.4 Å². The number of rotatable bonds is 4. The Morgan fingerprint density at radius 1 is 0.939 bits per heavy atom. The molecule has 0 spiro atoms. The molecule has 0 saturated heterocycles. The maximum Gasteiger partial charge on any atom is 0.335 e. The summed E-state index contributed by atoms with van der Waals surface area (Å²) < 4.78 is 0. The molecule has 2 aromatic carbocycles. The first-order chi connectivity index (χ1) is 15.5. The zero-order chi connectivity index (χ0) is 24.0. The highest BCUT2D eigenvalue weighted by Crippen LogP contribution is 2.55. The molecule has 1 atom stereocenters. The van der Waals surface area contributed by atoms with Gasteiger partial charge in [0, 0.05) is 23.9 Å². The number of hydrogen-bond donors (Lipinski definition) is 2. The smallest absolute Gasteiger partial charge is 0.335 e. The second kappa shape index (κ2) is 8.03. The van der Waals surface area contributed by atoms with Crippen LogP contribution in [0.4, 0.5) is 0 Å². The van der Waals surface area contributed by atoms with Crippen LogP contribution in [0.2, 0.25) is 0 Å². The molecule has 2 aromatic rings. The third kappa shape index (κ3) is 3.86. The third-order valence-corrected chi connectivity index (χ3v) is 6.96. The van der Waals surface area contributed by atoms with Crippen molar-refractivity contribution < 1.29 is 19.5 Å². The summed E-state index contributed by atoms with van der Waals surface area (Å²) in [5.74, 6) is -1.75. The Balaban J connectivity index is 1.64. The van der Waals surface area contributed by atoms with Crippen molar-refractivity contribution in [1.82, 2.24) is 4.90 Å². The Kier molecular flexibility index (Phi) is 5.48. The lowest BCUT2D eigenvalue weighted by Crippen LogP contribution is -2.49. The van der Waals surface area contributed by atoms with E-state index in [-0.39, 0.29) is 27.9 Å². The third-order valence-electron chi connectivity index (χ3n) is 6.96. The molecular weight excluding hydrogens is 416 g/mol. The van der Waals surface area contributed by atoms with Crippen molar-refractivity contribution in [3.05, 3.63) is 88.5 Å². The van der Waals surface area contributed by atoms with E-state index in [0.29, 0.717) is 18.7 Å². The van der Waals surface area contributed by atoms with Crippen LogP contribution in [0.1, 0.15) is 63.8 Å². The van der Waals surface area contributed by atoms with Crippen LogP contribution in [-0.2, 0) is 0 Å². The van der Waals surface area contributed by atoms with E-state index in [2.05, 4.69) is 32.9 Å². The van der Waals surface area contributed by atoms with E-state index < -0.39 is 11.9 Å². The SMILES string of the molecule is CC1(C)C(c2ccc(C(=O)O)cc2)=CC[C@]2(C)CN(C(=O)c3ccccc3C(N)=O)CC=C12. The van der Waals surface area contributed by atoms with Gasteiger partial charge in [-0.3, -0.25) is 9.59 Å². The van der Waals surface area contributed by atoms with Crippen molar-refractivity contribution in [2.45, 2.75) is 27.2 Å². The van der Waals surface area contributed by atoms with Crippen molar-refractivity contribution in [3.8, 4) is 0 Å². The molecule has 4 rings (SSSR count).